The van der Waals surface area contributed by atoms with E-state index in [0.717, 1.165) is 25.1 Å². The fraction of sp³-hybridized carbons (Fsp3) is 0.500. The van der Waals surface area contributed by atoms with Crippen molar-refractivity contribution in [1.82, 2.24) is 15.1 Å². The molecule has 0 aliphatic carbocycles. The Bertz CT molecular complexity index is 683. The van der Waals surface area contributed by atoms with Gasteiger partial charge in [-0.25, -0.2) is 0 Å². The molecule has 2 aliphatic heterocycles. The Hall–Kier alpha value is -2.14. The highest BCUT2D eigenvalue weighted by atomic mass is 16.2. The Morgan fingerprint density at radius 3 is 2.88 bits per heavy atom. The smallest absolute Gasteiger partial charge is 0.245 e. The molecule has 134 valence electrons. The molecule has 0 bridgehead atoms. The highest BCUT2D eigenvalue weighted by molar-refractivity contribution is 5.89. The summed E-state index contributed by atoms with van der Waals surface area (Å²) in [5.74, 6) is 0.115. The fourth-order valence-corrected chi connectivity index (χ4v) is 3.58. The van der Waals surface area contributed by atoms with Crippen LogP contribution in [0.2, 0.25) is 0 Å². The van der Waals surface area contributed by atoms with Crippen LogP contribution in [0.1, 0.15) is 30.9 Å². The van der Waals surface area contributed by atoms with Crippen LogP contribution in [0.3, 0.4) is 0 Å². The lowest BCUT2D eigenvalue weighted by Crippen LogP contribution is -2.57. The van der Waals surface area contributed by atoms with Gasteiger partial charge >= 0.3 is 0 Å². The lowest BCUT2D eigenvalue weighted by Gasteiger charge is -2.39. The number of carbonyl (C=O) groups is 2. The molecule has 2 amide bonds. The van der Waals surface area contributed by atoms with Gasteiger partial charge in [0.25, 0.3) is 0 Å². The van der Waals surface area contributed by atoms with Crippen LogP contribution in [0, 0.1) is 6.92 Å². The summed E-state index contributed by atoms with van der Waals surface area (Å²) in [4.78, 5) is 29.0. The molecule has 3 rings (SSSR count). The molecule has 2 heterocycles. The van der Waals surface area contributed by atoms with Gasteiger partial charge in [-0.15, -0.1) is 0 Å². The van der Waals surface area contributed by atoms with E-state index in [2.05, 4.69) is 30.4 Å². The van der Waals surface area contributed by atoms with Crippen molar-refractivity contribution in [3.8, 4) is 0 Å². The van der Waals surface area contributed by atoms with Crippen molar-refractivity contribution in [3.05, 3.63) is 47.0 Å². The van der Waals surface area contributed by atoms with E-state index in [1.54, 1.807) is 4.90 Å². The third-order valence-corrected chi connectivity index (χ3v) is 5.06. The predicted molar refractivity (Wildman–Crippen MR) is 98.0 cm³/mol. The molecule has 1 atom stereocenters. The number of hydrogen-bond donors (Lipinski definition) is 1. The summed E-state index contributed by atoms with van der Waals surface area (Å²) in [7, 11) is 0. The molecule has 5 nitrogen and oxygen atoms in total. The second-order valence-electron chi connectivity index (χ2n) is 7.01. The van der Waals surface area contributed by atoms with Crippen LogP contribution in [-0.2, 0) is 16.1 Å². The van der Waals surface area contributed by atoms with E-state index in [9.17, 15) is 9.59 Å². The summed E-state index contributed by atoms with van der Waals surface area (Å²) in [6.45, 7) is 7.49. The Kier molecular flexibility index (Phi) is 5.53. The number of benzene rings is 1. The summed E-state index contributed by atoms with van der Waals surface area (Å²) in [6, 6.07) is 7.85. The maximum absolute atomic E-state index is 12.7. The van der Waals surface area contributed by atoms with Crippen LogP contribution in [0.25, 0.3) is 0 Å². The van der Waals surface area contributed by atoms with E-state index >= 15 is 0 Å². The maximum Gasteiger partial charge on any atom is 0.245 e. The van der Waals surface area contributed by atoms with Crippen molar-refractivity contribution in [2.45, 2.75) is 39.3 Å². The lowest BCUT2D eigenvalue weighted by molar-refractivity contribution is -0.150. The van der Waals surface area contributed by atoms with Crippen LogP contribution >= 0.6 is 0 Å². The molecule has 1 fully saturated rings. The van der Waals surface area contributed by atoms with Crippen LogP contribution in [-0.4, -0.2) is 53.8 Å². The van der Waals surface area contributed by atoms with Gasteiger partial charge in [0.15, 0.2) is 0 Å². The molecule has 5 heteroatoms. The van der Waals surface area contributed by atoms with Crippen LogP contribution < -0.4 is 5.32 Å². The molecule has 1 aromatic carbocycles. The standard InChI is InChI=1S/C20H27N3O2/c1-15-4-3-5-18(12-15)14-22-10-11-23(16(2)20(22)25)19(24)13-17-6-8-21-9-7-17/h3-6,12,16,21H,7-11,13-14H2,1-2H3/t16-/m1/s1. The van der Waals surface area contributed by atoms with Gasteiger partial charge in [-0.3, -0.25) is 9.59 Å². The third kappa shape index (κ3) is 4.28. The first-order valence-corrected chi connectivity index (χ1v) is 9.07. The zero-order valence-corrected chi connectivity index (χ0v) is 15.1. The Balaban J connectivity index is 1.60. The normalized spacial score (nSPS) is 21.3. The Labute approximate surface area is 149 Å². The fourth-order valence-electron chi connectivity index (χ4n) is 3.58. The van der Waals surface area contributed by atoms with Crippen LogP contribution in [0.4, 0.5) is 0 Å². The second-order valence-corrected chi connectivity index (χ2v) is 7.01. The van der Waals surface area contributed by atoms with Crippen LogP contribution in [0.15, 0.2) is 35.9 Å². The molecular formula is C20H27N3O2. The van der Waals surface area contributed by atoms with Crippen molar-refractivity contribution in [3.63, 3.8) is 0 Å². The molecular weight excluding hydrogens is 314 g/mol. The van der Waals surface area contributed by atoms with E-state index in [-0.39, 0.29) is 17.9 Å². The van der Waals surface area contributed by atoms with E-state index < -0.39 is 0 Å². The first kappa shape index (κ1) is 17.7. The van der Waals surface area contributed by atoms with Gasteiger partial charge in [-0.2, -0.15) is 0 Å². The van der Waals surface area contributed by atoms with Gasteiger partial charge in [0.2, 0.25) is 11.8 Å². The monoisotopic (exact) mass is 341 g/mol. The van der Waals surface area contributed by atoms with E-state index in [1.165, 1.54) is 11.1 Å². The van der Waals surface area contributed by atoms with Gasteiger partial charge in [-0.1, -0.05) is 41.5 Å². The topological polar surface area (TPSA) is 52.6 Å². The number of amides is 2. The van der Waals surface area contributed by atoms with Gasteiger partial charge in [-0.05, 0) is 32.4 Å². The molecule has 1 N–H and O–H groups in total. The first-order valence-electron chi connectivity index (χ1n) is 9.07. The molecule has 0 aromatic heterocycles. The minimum absolute atomic E-state index is 0.0420. The molecule has 2 aliphatic rings. The zero-order valence-electron chi connectivity index (χ0n) is 15.1. The SMILES string of the molecule is Cc1cccc(CN2CCN(C(=O)CC3=CCNCC3)[C@H](C)C2=O)c1. The van der Waals surface area contributed by atoms with Crippen molar-refractivity contribution >= 4 is 11.8 Å². The summed E-state index contributed by atoms with van der Waals surface area (Å²) < 4.78 is 0. The number of nitrogens with zero attached hydrogens (tertiary/aromatic N) is 2. The largest absolute Gasteiger partial charge is 0.335 e. The quantitative estimate of drug-likeness (QED) is 0.851. The Morgan fingerprint density at radius 2 is 2.16 bits per heavy atom. The molecule has 1 aromatic rings. The molecule has 25 heavy (non-hydrogen) atoms. The molecule has 0 unspecified atom stereocenters. The minimum atomic E-state index is -0.381. The van der Waals surface area contributed by atoms with Gasteiger partial charge in [0.1, 0.15) is 6.04 Å². The zero-order chi connectivity index (χ0) is 17.8. The number of rotatable bonds is 4. The summed E-state index contributed by atoms with van der Waals surface area (Å²) >= 11 is 0. The average molecular weight is 341 g/mol. The van der Waals surface area contributed by atoms with Crippen LogP contribution in [0.5, 0.6) is 0 Å². The molecule has 1 saturated heterocycles. The van der Waals surface area contributed by atoms with Crippen molar-refractivity contribution < 1.29 is 9.59 Å². The summed E-state index contributed by atoms with van der Waals surface area (Å²) in [6.07, 6.45) is 3.46. The highest BCUT2D eigenvalue weighted by Gasteiger charge is 2.34. The van der Waals surface area contributed by atoms with Crippen molar-refractivity contribution in [2.75, 3.05) is 26.2 Å². The average Bonchev–Trinajstić information content (AvgIpc) is 2.60. The number of piperazine rings is 1. The number of carbonyl (C=O) groups excluding carboxylic acids is 2. The van der Waals surface area contributed by atoms with Crippen molar-refractivity contribution in [1.29, 1.82) is 0 Å². The molecule has 0 spiro atoms. The second kappa shape index (κ2) is 7.83. The van der Waals surface area contributed by atoms with Gasteiger partial charge in [0, 0.05) is 32.6 Å². The number of hydrogen-bond acceptors (Lipinski definition) is 3. The number of aryl methyl sites for hydroxylation is 1. The number of nitrogens with one attached hydrogen (secondary N) is 1. The maximum atomic E-state index is 12.7. The van der Waals surface area contributed by atoms with Gasteiger partial charge in [0.05, 0.1) is 0 Å². The predicted octanol–water partition coefficient (Wildman–Crippen LogP) is 1.86. The minimum Gasteiger partial charge on any atom is -0.335 e. The lowest BCUT2D eigenvalue weighted by atomic mass is 10.0. The molecule has 0 saturated carbocycles. The molecule has 0 radical (unpaired) electrons. The van der Waals surface area contributed by atoms with Gasteiger partial charge < -0.3 is 15.1 Å². The Morgan fingerprint density at radius 1 is 1.32 bits per heavy atom. The summed E-state index contributed by atoms with van der Waals surface area (Å²) in [5.41, 5.74) is 3.52. The third-order valence-electron chi connectivity index (χ3n) is 5.06. The van der Waals surface area contributed by atoms with Crippen molar-refractivity contribution in [2.24, 2.45) is 0 Å². The highest BCUT2D eigenvalue weighted by Crippen LogP contribution is 2.19. The summed E-state index contributed by atoms with van der Waals surface area (Å²) in [5, 5.41) is 3.25. The van der Waals surface area contributed by atoms with E-state index in [0.29, 0.717) is 26.1 Å². The van der Waals surface area contributed by atoms with E-state index in [1.807, 2.05) is 24.0 Å². The first-order chi connectivity index (χ1) is 12.0. The van der Waals surface area contributed by atoms with E-state index in [4.69, 9.17) is 0 Å².